The number of benzene rings is 1. The molecule has 1 aromatic carbocycles. The Morgan fingerprint density at radius 2 is 2.11 bits per heavy atom. The zero-order chi connectivity index (χ0) is 13.7. The number of likely N-dealkylation sites (tertiary alicyclic amines) is 1. The maximum Gasteiger partial charge on any atom is 0.223 e. The SMILES string of the molecule is CCCOc1ccc(CN2CC(CN)CC2=O)cc1. The first-order valence-corrected chi connectivity index (χ1v) is 6.92. The van der Waals surface area contributed by atoms with Crippen molar-refractivity contribution in [2.24, 2.45) is 11.7 Å². The van der Waals surface area contributed by atoms with Crippen molar-refractivity contribution in [3.63, 3.8) is 0 Å². The van der Waals surface area contributed by atoms with Crippen LogP contribution in [0, 0.1) is 5.92 Å². The van der Waals surface area contributed by atoms with Gasteiger partial charge in [0.15, 0.2) is 0 Å². The van der Waals surface area contributed by atoms with Crippen LogP contribution in [-0.4, -0.2) is 30.5 Å². The summed E-state index contributed by atoms with van der Waals surface area (Å²) in [5.41, 5.74) is 6.76. The molecule has 0 aliphatic carbocycles. The Balaban J connectivity index is 1.91. The molecule has 0 saturated carbocycles. The first kappa shape index (κ1) is 13.9. The molecule has 19 heavy (non-hydrogen) atoms. The van der Waals surface area contributed by atoms with E-state index in [1.165, 1.54) is 0 Å². The van der Waals surface area contributed by atoms with E-state index in [9.17, 15) is 4.79 Å². The van der Waals surface area contributed by atoms with E-state index in [-0.39, 0.29) is 5.91 Å². The number of rotatable bonds is 6. The summed E-state index contributed by atoms with van der Waals surface area (Å²) in [7, 11) is 0. The average Bonchev–Trinajstić information content (AvgIpc) is 2.79. The molecular weight excluding hydrogens is 240 g/mol. The number of ether oxygens (including phenoxy) is 1. The number of nitrogens with zero attached hydrogens (tertiary/aromatic N) is 1. The van der Waals surface area contributed by atoms with Gasteiger partial charge in [-0.25, -0.2) is 0 Å². The fourth-order valence-electron chi connectivity index (χ4n) is 2.30. The normalized spacial score (nSPS) is 18.9. The van der Waals surface area contributed by atoms with Crippen molar-refractivity contribution >= 4 is 5.91 Å². The lowest BCUT2D eigenvalue weighted by Gasteiger charge is -2.16. The summed E-state index contributed by atoms with van der Waals surface area (Å²) in [6.07, 6.45) is 1.60. The van der Waals surface area contributed by atoms with Crippen molar-refractivity contribution in [3.8, 4) is 5.75 Å². The zero-order valence-electron chi connectivity index (χ0n) is 11.5. The molecule has 1 fully saturated rings. The van der Waals surface area contributed by atoms with Gasteiger partial charge in [0.2, 0.25) is 5.91 Å². The molecule has 0 radical (unpaired) electrons. The van der Waals surface area contributed by atoms with Gasteiger partial charge in [0.25, 0.3) is 0 Å². The highest BCUT2D eigenvalue weighted by molar-refractivity contribution is 5.78. The highest BCUT2D eigenvalue weighted by Crippen LogP contribution is 2.20. The van der Waals surface area contributed by atoms with Gasteiger partial charge in [-0.3, -0.25) is 4.79 Å². The molecule has 1 aromatic rings. The topological polar surface area (TPSA) is 55.6 Å². The minimum absolute atomic E-state index is 0.210. The Hall–Kier alpha value is -1.55. The van der Waals surface area contributed by atoms with Gasteiger partial charge in [0, 0.05) is 19.5 Å². The fraction of sp³-hybridized carbons (Fsp3) is 0.533. The summed E-state index contributed by atoms with van der Waals surface area (Å²) in [5, 5.41) is 0. The van der Waals surface area contributed by atoms with Gasteiger partial charge in [0.1, 0.15) is 5.75 Å². The van der Waals surface area contributed by atoms with Crippen LogP contribution in [0.25, 0.3) is 0 Å². The number of carbonyl (C=O) groups is 1. The summed E-state index contributed by atoms with van der Waals surface area (Å²) in [6.45, 7) is 4.86. The van der Waals surface area contributed by atoms with Crippen LogP contribution in [0.15, 0.2) is 24.3 Å². The summed E-state index contributed by atoms with van der Waals surface area (Å²) >= 11 is 0. The second-order valence-electron chi connectivity index (χ2n) is 5.07. The predicted octanol–water partition coefficient (Wildman–Crippen LogP) is 1.78. The number of amides is 1. The van der Waals surface area contributed by atoms with Crippen LogP contribution in [0.2, 0.25) is 0 Å². The molecule has 0 spiro atoms. The molecule has 4 nitrogen and oxygen atoms in total. The molecule has 0 bridgehead atoms. The van der Waals surface area contributed by atoms with Crippen LogP contribution >= 0.6 is 0 Å². The van der Waals surface area contributed by atoms with E-state index in [0.29, 0.717) is 25.4 Å². The lowest BCUT2D eigenvalue weighted by Crippen LogP contribution is -2.25. The molecule has 4 heteroatoms. The number of hydrogen-bond donors (Lipinski definition) is 1. The molecule has 2 rings (SSSR count). The van der Waals surface area contributed by atoms with E-state index >= 15 is 0 Å². The smallest absolute Gasteiger partial charge is 0.223 e. The van der Waals surface area contributed by atoms with Crippen LogP contribution < -0.4 is 10.5 Å². The molecule has 1 aliphatic rings. The van der Waals surface area contributed by atoms with Gasteiger partial charge in [-0.05, 0) is 36.6 Å². The largest absolute Gasteiger partial charge is 0.494 e. The fourth-order valence-corrected chi connectivity index (χ4v) is 2.30. The first-order valence-electron chi connectivity index (χ1n) is 6.92. The Labute approximate surface area is 114 Å². The molecule has 2 N–H and O–H groups in total. The summed E-state index contributed by atoms with van der Waals surface area (Å²) < 4.78 is 5.54. The highest BCUT2D eigenvalue weighted by Gasteiger charge is 2.28. The van der Waals surface area contributed by atoms with Gasteiger partial charge in [-0.2, -0.15) is 0 Å². The van der Waals surface area contributed by atoms with E-state index in [1.807, 2.05) is 29.2 Å². The van der Waals surface area contributed by atoms with E-state index in [0.717, 1.165) is 30.9 Å². The lowest BCUT2D eigenvalue weighted by atomic mass is 10.1. The molecule has 1 unspecified atom stereocenters. The molecule has 0 aromatic heterocycles. The Morgan fingerprint density at radius 1 is 1.37 bits per heavy atom. The third-order valence-electron chi connectivity index (χ3n) is 3.40. The van der Waals surface area contributed by atoms with Crippen molar-refractivity contribution in [2.45, 2.75) is 26.3 Å². The lowest BCUT2D eigenvalue weighted by molar-refractivity contribution is -0.128. The van der Waals surface area contributed by atoms with E-state index < -0.39 is 0 Å². The monoisotopic (exact) mass is 262 g/mol. The van der Waals surface area contributed by atoms with E-state index in [1.54, 1.807) is 0 Å². The maximum absolute atomic E-state index is 11.8. The van der Waals surface area contributed by atoms with Crippen molar-refractivity contribution in [3.05, 3.63) is 29.8 Å². The molecule has 1 aliphatic heterocycles. The zero-order valence-corrected chi connectivity index (χ0v) is 11.5. The maximum atomic E-state index is 11.8. The summed E-state index contributed by atoms with van der Waals surface area (Å²) in [4.78, 5) is 13.7. The summed E-state index contributed by atoms with van der Waals surface area (Å²) in [5.74, 6) is 1.42. The molecule has 1 heterocycles. The average molecular weight is 262 g/mol. The number of carbonyl (C=O) groups excluding carboxylic acids is 1. The molecular formula is C15H22N2O2. The minimum Gasteiger partial charge on any atom is -0.494 e. The van der Waals surface area contributed by atoms with Gasteiger partial charge in [-0.1, -0.05) is 19.1 Å². The highest BCUT2D eigenvalue weighted by atomic mass is 16.5. The van der Waals surface area contributed by atoms with Crippen molar-refractivity contribution in [1.29, 1.82) is 0 Å². The molecule has 104 valence electrons. The minimum atomic E-state index is 0.210. The predicted molar refractivity (Wildman–Crippen MR) is 74.8 cm³/mol. The van der Waals surface area contributed by atoms with Crippen LogP contribution in [-0.2, 0) is 11.3 Å². The quantitative estimate of drug-likeness (QED) is 0.850. The standard InChI is InChI=1S/C15H22N2O2/c1-2-7-19-14-5-3-12(4-6-14)10-17-11-13(9-16)8-15(17)18/h3-6,13H,2,7-11,16H2,1H3. The van der Waals surface area contributed by atoms with Gasteiger partial charge in [0.05, 0.1) is 6.61 Å². The van der Waals surface area contributed by atoms with Crippen LogP contribution in [0.4, 0.5) is 0 Å². The Morgan fingerprint density at radius 3 is 2.68 bits per heavy atom. The second kappa shape index (κ2) is 6.57. The van der Waals surface area contributed by atoms with Crippen molar-refractivity contribution in [1.82, 2.24) is 4.90 Å². The molecule has 1 atom stereocenters. The van der Waals surface area contributed by atoms with Crippen LogP contribution in [0.3, 0.4) is 0 Å². The summed E-state index contributed by atoms with van der Waals surface area (Å²) in [6, 6.07) is 7.97. The van der Waals surface area contributed by atoms with Crippen molar-refractivity contribution in [2.75, 3.05) is 19.7 Å². The van der Waals surface area contributed by atoms with Gasteiger partial charge in [-0.15, -0.1) is 0 Å². The van der Waals surface area contributed by atoms with E-state index in [4.69, 9.17) is 10.5 Å². The Kier molecular flexibility index (Phi) is 4.80. The number of hydrogen-bond acceptors (Lipinski definition) is 3. The van der Waals surface area contributed by atoms with Crippen LogP contribution in [0.5, 0.6) is 5.75 Å². The third kappa shape index (κ3) is 3.70. The molecule has 1 saturated heterocycles. The van der Waals surface area contributed by atoms with E-state index in [2.05, 4.69) is 6.92 Å². The van der Waals surface area contributed by atoms with Crippen LogP contribution in [0.1, 0.15) is 25.3 Å². The molecule has 1 amide bonds. The van der Waals surface area contributed by atoms with Gasteiger partial charge >= 0.3 is 0 Å². The second-order valence-corrected chi connectivity index (χ2v) is 5.07. The van der Waals surface area contributed by atoms with Gasteiger partial charge < -0.3 is 15.4 Å². The first-order chi connectivity index (χ1) is 9.22. The van der Waals surface area contributed by atoms with Crippen molar-refractivity contribution < 1.29 is 9.53 Å². The number of nitrogens with two attached hydrogens (primary N) is 1. The Bertz CT molecular complexity index is 417. The third-order valence-corrected chi connectivity index (χ3v) is 3.40.